The molecule has 0 aliphatic carbocycles. The van der Waals surface area contributed by atoms with Crippen LogP contribution in [0.4, 0.5) is 0 Å². The van der Waals surface area contributed by atoms with E-state index in [0.29, 0.717) is 18.5 Å². The van der Waals surface area contributed by atoms with Crippen molar-refractivity contribution in [1.29, 1.82) is 0 Å². The van der Waals surface area contributed by atoms with Crippen LogP contribution in [-0.4, -0.2) is 37.7 Å². The molecular weight excluding hydrogens is 268 g/mol. The Morgan fingerprint density at radius 3 is 2.78 bits per heavy atom. The summed E-state index contributed by atoms with van der Waals surface area (Å²) in [6.07, 6.45) is 2.24. The molecule has 2 rings (SSSR count). The molecule has 0 aromatic carbocycles. The minimum atomic E-state index is 0.440. The Balaban J connectivity index is 1.93. The van der Waals surface area contributed by atoms with Crippen molar-refractivity contribution in [3.8, 4) is 0 Å². The maximum Gasteiger partial charge on any atom is 0.0931 e. The Labute approximate surface area is 118 Å². The molecule has 2 heterocycles. The van der Waals surface area contributed by atoms with Gasteiger partial charge in [-0.2, -0.15) is 0 Å². The number of ether oxygens (including phenoxy) is 1. The molecule has 3 nitrogen and oxygen atoms in total. The first-order valence-electron chi connectivity index (χ1n) is 6.43. The quantitative estimate of drug-likeness (QED) is 0.905. The molecule has 1 fully saturated rings. The van der Waals surface area contributed by atoms with Gasteiger partial charge in [0, 0.05) is 37.2 Å². The third-order valence-electron chi connectivity index (χ3n) is 3.65. The fraction of sp³-hybridized carbons (Fsp3) is 0.692. The van der Waals surface area contributed by atoms with Gasteiger partial charge in [-0.25, -0.2) is 0 Å². The van der Waals surface area contributed by atoms with Crippen molar-refractivity contribution < 1.29 is 4.74 Å². The van der Waals surface area contributed by atoms with E-state index in [1.807, 2.05) is 6.07 Å². The molecule has 0 radical (unpaired) electrons. The molecule has 1 atom stereocenters. The van der Waals surface area contributed by atoms with Crippen molar-refractivity contribution in [2.75, 3.05) is 26.8 Å². The minimum absolute atomic E-state index is 0.440. The number of hydrogen-bond acceptors (Lipinski definition) is 4. The highest BCUT2D eigenvalue weighted by Crippen LogP contribution is 2.26. The van der Waals surface area contributed by atoms with E-state index in [4.69, 9.17) is 22.1 Å². The van der Waals surface area contributed by atoms with Gasteiger partial charge in [0.1, 0.15) is 0 Å². The Morgan fingerprint density at radius 1 is 1.50 bits per heavy atom. The van der Waals surface area contributed by atoms with Gasteiger partial charge in [0.05, 0.1) is 4.34 Å². The molecule has 1 saturated heterocycles. The van der Waals surface area contributed by atoms with Crippen LogP contribution in [0.15, 0.2) is 12.1 Å². The zero-order chi connectivity index (χ0) is 13.0. The third kappa shape index (κ3) is 3.68. The van der Waals surface area contributed by atoms with E-state index in [1.54, 1.807) is 11.3 Å². The molecule has 0 amide bonds. The second-order valence-electron chi connectivity index (χ2n) is 4.87. The van der Waals surface area contributed by atoms with Crippen LogP contribution < -0.4 is 5.73 Å². The van der Waals surface area contributed by atoms with E-state index < -0.39 is 0 Å². The Hall–Kier alpha value is -0.130. The number of likely N-dealkylation sites (N-methyl/N-ethyl adjacent to an activating group) is 1. The lowest BCUT2D eigenvalue weighted by Gasteiger charge is -2.35. The summed E-state index contributed by atoms with van der Waals surface area (Å²) in [4.78, 5) is 3.66. The first-order chi connectivity index (χ1) is 8.70. The molecule has 102 valence electrons. The van der Waals surface area contributed by atoms with Gasteiger partial charge < -0.3 is 10.5 Å². The Bertz CT molecular complexity index is 366. The summed E-state index contributed by atoms with van der Waals surface area (Å²) in [6.45, 7) is 3.39. The second-order valence-corrected chi connectivity index (χ2v) is 6.67. The molecule has 2 N–H and O–H groups in total. The summed E-state index contributed by atoms with van der Waals surface area (Å²) in [5, 5.41) is 0. The average molecular weight is 289 g/mol. The molecule has 0 bridgehead atoms. The van der Waals surface area contributed by atoms with Gasteiger partial charge in [-0.05, 0) is 37.9 Å². The predicted octanol–water partition coefficient (Wildman–Crippen LogP) is 2.59. The van der Waals surface area contributed by atoms with Gasteiger partial charge in [0.2, 0.25) is 0 Å². The van der Waals surface area contributed by atoms with Crippen LogP contribution in [0.5, 0.6) is 0 Å². The van der Waals surface area contributed by atoms with Gasteiger partial charge in [-0.1, -0.05) is 11.6 Å². The maximum absolute atomic E-state index is 5.96. The van der Waals surface area contributed by atoms with Crippen molar-refractivity contribution in [2.24, 2.45) is 11.7 Å². The molecule has 1 aliphatic heterocycles. The summed E-state index contributed by atoms with van der Waals surface area (Å²) < 4.78 is 6.28. The highest BCUT2D eigenvalue weighted by atomic mass is 35.5. The number of thiophene rings is 1. The monoisotopic (exact) mass is 288 g/mol. The zero-order valence-corrected chi connectivity index (χ0v) is 12.3. The number of halogens is 1. The van der Waals surface area contributed by atoms with Gasteiger partial charge in [0.15, 0.2) is 0 Å². The molecular formula is C13H21ClN2OS. The van der Waals surface area contributed by atoms with E-state index in [2.05, 4.69) is 18.0 Å². The summed E-state index contributed by atoms with van der Waals surface area (Å²) in [5.41, 5.74) is 5.96. The maximum atomic E-state index is 5.96. The molecule has 1 unspecified atom stereocenters. The Morgan fingerprint density at radius 2 is 2.22 bits per heavy atom. The van der Waals surface area contributed by atoms with Crippen LogP contribution >= 0.6 is 22.9 Å². The van der Waals surface area contributed by atoms with E-state index in [-0.39, 0.29) is 0 Å². The standard InChI is InChI=1S/C13H21ClN2OS/c1-16(9-11-2-3-13(14)18-11)12(8-15)10-4-6-17-7-5-10/h2-3,10,12H,4-9,15H2,1H3. The van der Waals surface area contributed by atoms with Crippen LogP contribution in [0, 0.1) is 5.92 Å². The van der Waals surface area contributed by atoms with Crippen LogP contribution in [0.1, 0.15) is 17.7 Å². The number of nitrogens with two attached hydrogens (primary N) is 1. The van der Waals surface area contributed by atoms with Crippen LogP contribution in [0.3, 0.4) is 0 Å². The number of hydrogen-bond donors (Lipinski definition) is 1. The predicted molar refractivity (Wildman–Crippen MR) is 77.2 cm³/mol. The topological polar surface area (TPSA) is 38.5 Å². The SMILES string of the molecule is CN(Cc1ccc(Cl)s1)C(CN)C1CCOCC1. The first-order valence-corrected chi connectivity index (χ1v) is 7.62. The lowest BCUT2D eigenvalue weighted by Crippen LogP contribution is -2.44. The minimum Gasteiger partial charge on any atom is -0.381 e. The lowest BCUT2D eigenvalue weighted by atomic mass is 9.91. The zero-order valence-electron chi connectivity index (χ0n) is 10.8. The number of rotatable bonds is 5. The normalized spacial score (nSPS) is 19.3. The van der Waals surface area contributed by atoms with Crippen molar-refractivity contribution in [3.63, 3.8) is 0 Å². The summed E-state index contributed by atoms with van der Waals surface area (Å²) >= 11 is 7.61. The fourth-order valence-electron chi connectivity index (χ4n) is 2.63. The summed E-state index contributed by atoms with van der Waals surface area (Å²) in [6, 6.07) is 4.50. The fourth-order valence-corrected chi connectivity index (χ4v) is 3.78. The molecule has 1 aromatic heterocycles. The van der Waals surface area contributed by atoms with Gasteiger partial charge in [-0.3, -0.25) is 4.90 Å². The lowest BCUT2D eigenvalue weighted by molar-refractivity contribution is 0.0323. The summed E-state index contributed by atoms with van der Waals surface area (Å²) in [5.74, 6) is 0.657. The van der Waals surface area contributed by atoms with E-state index in [0.717, 1.165) is 36.9 Å². The highest BCUT2D eigenvalue weighted by molar-refractivity contribution is 7.16. The van der Waals surface area contributed by atoms with Crippen LogP contribution in [0.2, 0.25) is 4.34 Å². The number of nitrogens with zero attached hydrogens (tertiary/aromatic N) is 1. The van der Waals surface area contributed by atoms with Gasteiger partial charge in [0.25, 0.3) is 0 Å². The molecule has 18 heavy (non-hydrogen) atoms. The second kappa shape index (κ2) is 6.87. The van der Waals surface area contributed by atoms with Crippen molar-refractivity contribution >= 4 is 22.9 Å². The molecule has 0 spiro atoms. The van der Waals surface area contributed by atoms with Crippen molar-refractivity contribution in [1.82, 2.24) is 4.90 Å². The largest absolute Gasteiger partial charge is 0.381 e. The Kier molecular flexibility index (Phi) is 5.45. The smallest absolute Gasteiger partial charge is 0.0931 e. The summed E-state index contributed by atoms with van der Waals surface area (Å²) in [7, 11) is 2.15. The van der Waals surface area contributed by atoms with Gasteiger partial charge >= 0.3 is 0 Å². The van der Waals surface area contributed by atoms with Crippen LogP contribution in [-0.2, 0) is 11.3 Å². The molecule has 1 aliphatic rings. The van der Waals surface area contributed by atoms with Gasteiger partial charge in [-0.15, -0.1) is 11.3 Å². The van der Waals surface area contributed by atoms with Crippen molar-refractivity contribution in [2.45, 2.75) is 25.4 Å². The first kappa shape index (κ1) is 14.3. The van der Waals surface area contributed by atoms with E-state index in [9.17, 15) is 0 Å². The average Bonchev–Trinajstić information content (AvgIpc) is 2.77. The molecule has 1 aromatic rings. The van der Waals surface area contributed by atoms with E-state index in [1.165, 1.54) is 4.88 Å². The highest BCUT2D eigenvalue weighted by Gasteiger charge is 2.26. The molecule has 5 heteroatoms. The van der Waals surface area contributed by atoms with E-state index >= 15 is 0 Å². The van der Waals surface area contributed by atoms with Crippen molar-refractivity contribution in [3.05, 3.63) is 21.3 Å². The third-order valence-corrected chi connectivity index (χ3v) is 4.87. The molecule has 0 saturated carbocycles. The van der Waals surface area contributed by atoms with Crippen LogP contribution in [0.25, 0.3) is 0 Å².